The summed E-state index contributed by atoms with van der Waals surface area (Å²) in [7, 11) is 1.43. The van der Waals surface area contributed by atoms with Crippen LogP contribution in [0.2, 0.25) is 0 Å². The quantitative estimate of drug-likeness (QED) is 0.775. The number of hydrogen-bond donors (Lipinski definition) is 2. The van der Waals surface area contributed by atoms with Crippen molar-refractivity contribution in [3.63, 3.8) is 0 Å². The first-order valence-corrected chi connectivity index (χ1v) is 4.49. The lowest BCUT2D eigenvalue weighted by Crippen LogP contribution is -2.13. The molecule has 1 rings (SSSR count). The zero-order valence-corrected chi connectivity index (χ0v) is 9.20. The summed E-state index contributed by atoms with van der Waals surface area (Å²) < 4.78 is 4.90. The lowest BCUT2D eigenvalue weighted by atomic mass is 10.5. The fourth-order valence-corrected chi connectivity index (χ4v) is 0.987. The Kier molecular flexibility index (Phi) is 3.76. The van der Waals surface area contributed by atoms with Crippen LogP contribution >= 0.6 is 0 Å². The maximum atomic E-state index is 10.8. The molecule has 0 unspecified atom stereocenters. The molecule has 0 aliphatic carbocycles. The van der Waals surface area contributed by atoms with Crippen LogP contribution in [0.15, 0.2) is 6.07 Å². The Morgan fingerprint density at radius 2 is 1.81 bits per heavy atom. The second kappa shape index (κ2) is 5.06. The van der Waals surface area contributed by atoms with Crippen LogP contribution in [0.25, 0.3) is 0 Å². The van der Waals surface area contributed by atoms with Gasteiger partial charge in [0, 0.05) is 19.9 Å². The van der Waals surface area contributed by atoms with Gasteiger partial charge in [-0.05, 0) is 0 Å². The van der Waals surface area contributed by atoms with Crippen LogP contribution in [0.5, 0.6) is 5.88 Å². The van der Waals surface area contributed by atoms with Crippen LogP contribution in [-0.4, -0.2) is 28.9 Å². The Balaban J connectivity index is 3.00. The van der Waals surface area contributed by atoms with E-state index in [9.17, 15) is 9.59 Å². The van der Waals surface area contributed by atoms with Gasteiger partial charge in [0.05, 0.1) is 7.11 Å². The number of carbonyl (C=O) groups is 2. The van der Waals surface area contributed by atoms with Crippen molar-refractivity contribution in [2.24, 2.45) is 0 Å². The zero-order chi connectivity index (χ0) is 12.1. The number of ether oxygens (including phenoxy) is 1. The molecule has 1 aromatic heterocycles. The third-order valence-electron chi connectivity index (χ3n) is 1.50. The number of aromatic nitrogens is 2. The van der Waals surface area contributed by atoms with Crippen molar-refractivity contribution in [1.82, 2.24) is 9.97 Å². The Bertz CT molecular complexity index is 385. The molecule has 1 aromatic rings. The second-order valence-corrected chi connectivity index (χ2v) is 2.98. The molecule has 0 aliphatic rings. The van der Waals surface area contributed by atoms with Crippen molar-refractivity contribution in [2.75, 3.05) is 17.7 Å². The summed E-state index contributed by atoms with van der Waals surface area (Å²) in [5, 5.41) is 4.87. The molecule has 7 nitrogen and oxygen atoms in total. The first-order chi connectivity index (χ1) is 7.51. The molecule has 1 heterocycles. The maximum Gasteiger partial charge on any atom is 0.234 e. The summed E-state index contributed by atoms with van der Waals surface area (Å²) in [4.78, 5) is 29.5. The topological polar surface area (TPSA) is 93.2 Å². The van der Waals surface area contributed by atoms with Crippen LogP contribution in [0.4, 0.5) is 11.8 Å². The van der Waals surface area contributed by atoms with E-state index in [0.29, 0.717) is 0 Å². The summed E-state index contributed by atoms with van der Waals surface area (Å²) in [6.07, 6.45) is 0. The van der Waals surface area contributed by atoms with Crippen LogP contribution in [0.1, 0.15) is 13.8 Å². The van der Waals surface area contributed by atoms with E-state index in [0.717, 1.165) is 0 Å². The predicted octanol–water partition coefficient (Wildman–Crippen LogP) is 0.402. The van der Waals surface area contributed by atoms with E-state index in [-0.39, 0.29) is 29.5 Å². The molecule has 2 amide bonds. The molecule has 0 saturated heterocycles. The zero-order valence-electron chi connectivity index (χ0n) is 9.20. The van der Waals surface area contributed by atoms with Crippen molar-refractivity contribution in [3.05, 3.63) is 6.07 Å². The normalized spacial score (nSPS) is 9.44. The predicted molar refractivity (Wildman–Crippen MR) is 57.2 cm³/mol. The molecule has 2 N–H and O–H groups in total. The van der Waals surface area contributed by atoms with Gasteiger partial charge in [0.15, 0.2) is 0 Å². The molecule has 7 heteroatoms. The van der Waals surface area contributed by atoms with Crippen LogP contribution in [0, 0.1) is 0 Å². The summed E-state index contributed by atoms with van der Waals surface area (Å²) in [6.45, 7) is 2.69. The summed E-state index contributed by atoms with van der Waals surface area (Å²) in [6, 6.07) is 1.45. The molecular weight excluding hydrogens is 212 g/mol. The number of nitrogens with one attached hydrogen (secondary N) is 2. The highest BCUT2D eigenvalue weighted by molar-refractivity contribution is 5.89. The van der Waals surface area contributed by atoms with Crippen molar-refractivity contribution in [1.29, 1.82) is 0 Å². The molecule has 0 spiro atoms. The number of hydrogen-bond acceptors (Lipinski definition) is 5. The van der Waals surface area contributed by atoms with E-state index in [4.69, 9.17) is 4.74 Å². The number of rotatable bonds is 3. The van der Waals surface area contributed by atoms with E-state index in [1.165, 1.54) is 27.0 Å². The summed E-state index contributed by atoms with van der Waals surface area (Å²) in [5.74, 6) is 0.0257. The van der Waals surface area contributed by atoms with Gasteiger partial charge < -0.3 is 10.1 Å². The van der Waals surface area contributed by atoms with Crippen molar-refractivity contribution in [2.45, 2.75) is 13.8 Å². The summed E-state index contributed by atoms with van der Waals surface area (Å²) in [5.41, 5.74) is 0. The SMILES string of the molecule is COc1cc(NC(C)=O)nc(NC(C)=O)n1. The van der Waals surface area contributed by atoms with Crippen LogP contribution in [0.3, 0.4) is 0 Å². The fourth-order valence-electron chi connectivity index (χ4n) is 0.987. The fraction of sp³-hybridized carbons (Fsp3) is 0.333. The van der Waals surface area contributed by atoms with Crippen molar-refractivity contribution >= 4 is 23.6 Å². The van der Waals surface area contributed by atoms with Gasteiger partial charge in [0.25, 0.3) is 0 Å². The van der Waals surface area contributed by atoms with Gasteiger partial charge in [-0.1, -0.05) is 0 Å². The third kappa shape index (κ3) is 3.52. The van der Waals surface area contributed by atoms with E-state index in [2.05, 4.69) is 20.6 Å². The Morgan fingerprint density at radius 1 is 1.19 bits per heavy atom. The molecule has 0 aromatic carbocycles. The average Bonchev–Trinajstić information content (AvgIpc) is 2.14. The maximum absolute atomic E-state index is 10.8. The van der Waals surface area contributed by atoms with Crippen molar-refractivity contribution in [3.8, 4) is 5.88 Å². The highest BCUT2D eigenvalue weighted by atomic mass is 16.5. The average molecular weight is 224 g/mol. The minimum atomic E-state index is -0.304. The van der Waals surface area contributed by atoms with E-state index in [1.54, 1.807) is 0 Å². The molecule has 0 atom stereocenters. The van der Waals surface area contributed by atoms with Gasteiger partial charge in [-0.3, -0.25) is 14.9 Å². The third-order valence-corrected chi connectivity index (χ3v) is 1.50. The Morgan fingerprint density at radius 3 is 2.31 bits per heavy atom. The molecule has 0 fully saturated rings. The lowest BCUT2D eigenvalue weighted by Gasteiger charge is -2.07. The monoisotopic (exact) mass is 224 g/mol. The highest BCUT2D eigenvalue weighted by Gasteiger charge is 2.06. The number of methoxy groups -OCH3 is 1. The van der Waals surface area contributed by atoms with Crippen molar-refractivity contribution < 1.29 is 14.3 Å². The van der Waals surface area contributed by atoms with Gasteiger partial charge >= 0.3 is 0 Å². The first kappa shape index (κ1) is 11.9. The molecule has 0 bridgehead atoms. The highest BCUT2D eigenvalue weighted by Crippen LogP contribution is 2.15. The molecule has 0 aliphatic heterocycles. The molecule has 86 valence electrons. The molecular formula is C9H12N4O3. The van der Waals surface area contributed by atoms with Gasteiger partial charge in [0.2, 0.25) is 23.6 Å². The molecule has 0 saturated carbocycles. The van der Waals surface area contributed by atoms with Gasteiger partial charge in [-0.15, -0.1) is 0 Å². The number of carbonyl (C=O) groups excluding carboxylic acids is 2. The van der Waals surface area contributed by atoms with E-state index >= 15 is 0 Å². The van der Waals surface area contributed by atoms with Crippen LogP contribution < -0.4 is 15.4 Å². The summed E-state index contributed by atoms with van der Waals surface area (Å²) >= 11 is 0. The second-order valence-electron chi connectivity index (χ2n) is 2.98. The van der Waals surface area contributed by atoms with Gasteiger partial charge in [-0.2, -0.15) is 9.97 Å². The van der Waals surface area contributed by atoms with Gasteiger partial charge in [-0.25, -0.2) is 0 Å². The van der Waals surface area contributed by atoms with Crippen LogP contribution in [-0.2, 0) is 9.59 Å². The largest absolute Gasteiger partial charge is 0.481 e. The van der Waals surface area contributed by atoms with Gasteiger partial charge in [0.1, 0.15) is 5.82 Å². The Labute approximate surface area is 92.2 Å². The van der Waals surface area contributed by atoms with E-state index < -0.39 is 0 Å². The number of amides is 2. The minimum Gasteiger partial charge on any atom is -0.481 e. The minimum absolute atomic E-state index is 0.0793. The first-order valence-electron chi connectivity index (χ1n) is 4.49. The van der Waals surface area contributed by atoms with E-state index in [1.807, 2.05) is 0 Å². The number of nitrogens with zero attached hydrogens (tertiary/aromatic N) is 2. The number of anilines is 2. The molecule has 16 heavy (non-hydrogen) atoms. The standard InChI is InChI=1S/C9H12N4O3/c1-5(14)10-7-4-8(16-3)13-9(12-7)11-6(2)15/h4H,1-3H3,(H2,10,11,12,13,14,15). The smallest absolute Gasteiger partial charge is 0.234 e. The lowest BCUT2D eigenvalue weighted by molar-refractivity contribution is -0.115. The Hall–Kier alpha value is -2.18. The molecule has 0 radical (unpaired) electrons.